The number of carbonyl (C=O) groups is 2. The molecule has 0 radical (unpaired) electrons. The number of ether oxygens (including phenoxy) is 1. The molecule has 3 aromatic rings. The van der Waals surface area contributed by atoms with E-state index >= 15 is 0 Å². The molecule has 0 saturated heterocycles. The fourth-order valence-electron chi connectivity index (χ4n) is 3.21. The number of esters is 1. The van der Waals surface area contributed by atoms with Gasteiger partial charge in [0, 0.05) is 11.3 Å². The lowest BCUT2D eigenvalue weighted by molar-refractivity contribution is 0.0475. The van der Waals surface area contributed by atoms with Gasteiger partial charge in [0.1, 0.15) is 0 Å². The smallest absolute Gasteiger partial charge is 0.338 e. The van der Waals surface area contributed by atoms with E-state index in [-0.39, 0.29) is 32.1 Å². The number of Topliss-reactive ketones (excluding diaryl/α,β-unsaturated/α-hetero) is 1. The first-order valence-corrected chi connectivity index (χ1v) is 12.9. The van der Waals surface area contributed by atoms with Gasteiger partial charge in [-0.1, -0.05) is 56.1 Å². The van der Waals surface area contributed by atoms with Crippen LogP contribution in [0.15, 0.2) is 65.6 Å². The van der Waals surface area contributed by atoms with Crippen LogP contribution in [0, 0.1) is 6.92 Å². The molecule has 9 heteroatoms. The van der Waals surface area contributed by atoms with Crippen molar-refractivity contribution in [3.8, 4) is 0 Å². The summed E-state index contributed by atoms with van der Waals surface area (Å²) in [6, 6.07) is 15.5. The van der Waals surface area contributed by atoms with Gasteiger partial charge < -0.3 is 4.74 Å². The zero-order valence-electron chi connectivity index (χ0n) is 19.7. The first-order chi connectivity index (χ1) is 16.3. The summed E-state index contributed by atoms with van der Waals surface area (Å²) < 4.78 is 33.7. The maximum absolute atomic E-state index is 13.0. The van der Waals surface area contributed by atoms with Crippen molar-refractivity contribution in [1.82, 2.24) is 0 Å². The summed E-state index contributed by atoms with van der Waals surface area (Å²) in [6.45, 7) is 7.29. The molecule has 0 bridgehead atoms. The number of aryl methyl sites for hydroxylation is 1. The minimum atomic E-state index is -3.85. The Labute approximate surface area is 215 Å². The number of benzene rings is 3. The molecule has 0 heterocycles. The highest BCUT2D eigenvalue weighted by atomic mass is 35.5. The minimum absolute atomic E-state index is 0.167. The minimum Gasteiger partial charge on any atom is -0.454 e. The summed E-state index contributed by atoms with van der Waals surface area (Å²) >= 11 is 11.8. The van der Waals surface area contributed by atoms with Crippen LogP contribution in [-0.2, 0) is 20.2 Å². The molecule has 0 saturated carbocycles. The lowest BCUT2D eigenvalue weighted by Crippen LogP contribution is -2.17. The van der Waals surface area contributed by atoms with Gasteiger partial charge in [0.05, 0.1) is 20.5 Å². The maximum atomic E-state index is 13.0. The van der Waals surface area contributed by atoms with Gasteiger partial charge in [-0.25, -0.2) is 13.2 Å². The number of anilines is 1. The van der Waals surface area contributed by atoms with E-state index in [9.17, 15) is 18.0 Å². The van der Waals surface area contributed by atoms with Crippen LogP contribution in [0.25, 0.3) is 0 Å². The van der Waals surface area contributed by atoms with Gasteiger partial charge in [-0.05, 0) is 72.0 Å². The van der Waals surface area contributed by atoms with Crippen molar-refractivity contribution < 1.29 is 22.7 Å². The van der Waals surface area contributed by atoms with Crippen LogP contribution in [0.4, 0.5) is 5.69 Å². The van der Waals surface area contributed by atoms with E-state index in [1.54, 1.807) is 19.1 Å². The van der Waals surface area contributed by atoms with Crippen LogP contribution in [0.1, 0.15) is 52.6 Å². The van der Waals surface area contributed by atoms with Gasteiger partial charge in [0.15, 0.2) is 12.4 Å². The fourth-order valence-corrected chi connectivity index (χ4v) is 4.84. The van der Waals surface area contributed by atoms with E-state index in [1.165, 1.54) is 42.5 Å². The Morgan fingerprint density at radius 1 is 0.886 bits per heavy atom. The molecule has 0 unspecified atom stereocenters. The first kappa shape index (κ1) is 26.7. The average Bonchev–Trinajstić information content (AvgIpc) is 2.78. The molecule has 0 fully saturated rings. The molecule has 35 heavy (non-hydrogen) atoms. The Balaban J connectivity index is 1.68. The van der Waals surface area contributed by atoms with Crippen LogP contribution < -0.4 is 4.72 Å². The third kappa shape index (κ3) is 6.63. The van der Waals surface area contributed by atoms with Crippen molar-refractivity contribution in [3.05, 3.63) is 93.0 Å². The van der Waals surface area contributed by atoms with Gasteiger partial charge in [-0.15, -0.1) is 0 Å². The number of hydrogen-bond donors (Lipinski definition) is 1. The van der Waals surface area contributed by atoms with Crippen LogP contribution in [0.2, 0.25) is 10.0 Å². The molecule has 0 aliphatic rings. The van der Waals surface area contributed by atoms with Crippen LogP contribution >= 0.6 is 23.2 Å². The van der Waals surface area contributed by atoms with Gasteiger partial charge in [-0.2, -0.15) is 0 Å². The van der Waals surface area contributed by atoms with E-state index in [1.807, 2.05) is 26.8 Å². The van der Waals surface area contributed by atoms with Crippen LogP contribution in [0.3, 0.4) is 0 Å². The number of halogens is 2. The van der Waals surface area contributed by atoms with E-state index in [0.29, 0.717) is 10.6 Å². The predicted octanol–water partition coefficient (Wildman–Crippen LogP) is 6.44. The van der Waals surface area contributed by atoms with Gasteiger partial charge in [0.2, 0.25) is 0 Å². The second-order valence-electron chi connectivity index (χ2n) is 9.04. The maximum Gasteiger partial charge on any atom is 0.338 e. The van der Waals surface area contributed by atoms with Crippen LogP contribution in [-0.4, -0.2) is 26.8 Å². The molecule has 0 aromatic heterocycles. The lowest BCUT2D eigenvalue weighted by atomic mass is 9.87. The monoisotopic (exact) mass is 533 g/mol. The number of rotatable bonds is 7. The Kier molecular flexibility index (Phi) is 7.94. The fraction of sp³-hybridized carbons (Fsp3) is 0.231. The van der Waals surface area contributed by atoms with Crippen molar-refractivity contribution >= 4 is 50.7 Å². The summed E-state index contributed by atoms with van der Waals surface area (Å²) in [5.41, 5.74) is 2.04. The molecule has 1 N–H and O–H groups in total. The quantitative estimate of drug-likeness (QED) is 0.278. The lowest BCUT2D eigenvalue weighted by Gasteiger charge is -2.21. The zero-order valence-corrected chi connectivity index (χ0v) is 22.0. The Hall–Kier alpha value is -2.87. The molecular formula is C26H25Cl2NO5S. The Morgan fingerprint density at radius 2 is 1.51 bits per heavy atom. The summed E-state index contributed by atoms with van der Waals surface area (Å²) in [6.07, 6.45) is 0. The number of sulfonamides is 1. The molecule has 0 amide bonds. The number of ketones is 1. The summed E-state index contributed by atoms with van der Waals surface area (Å²) in [5.74, 6) is -1.16. The highest BCUT2D eigenvalue weighted by molar-refractivity contribution is 7.92. The summed E-state index contributed by atoms with van der Waals surface area (Å²) in [5, 5.41) is 0.537. The predicted molar refractivity (Wildman–Crippen MR) is 138 cm³/mol. The van der Waals surface area contributed by atoms with Crippen molar-refractivity contribution in [1.29, 1.82) is 0 Å². The first-order valence-electron chi connectivity index (χ1n) is 10.7. The zero-order chi connectivity index (χ0) is 26.0. The number of nitrogens with one attached hydrogen (secondary N) is 1. The molecule has 6 nitrogen and oxygen atoms in total. The molecule has 3 rings (SSSR count). The standard InChI is InChI=1S/C26H25Cl2NO5S/c1-16-5-9-19(26(2,3)4)14-24(16)35(32,33)29-20-10-6-17(7-11-20)25(31)34-15-23(30)18-8-12-21(27)22(28)13-18/h5-14,29H,15H2,1-4H3. The van der Waals surface area contributed by atoms with Crippen molar-refractivity contribution in [3.63, 3.8) is 0 Å². The van der Waals surface area contributed by atoms with E-state index in [0.717, 1.165) is 5.56 Å². The largest absolute Gasteiger partial charge is 0.454 e. The average molecular weight is 534 g/mol. The van der Waals surface area contributed by atoms with Crippen molar-refractivity contribution in [2.45, 2.75) is 38.0 Å². The van der Waals surface area contributed by atoms with Crippen molar-refractivity contribution in [2.75, 3.05) is 11.3 Å². The third-order valence-electron chi connectivity index (χ3n) is 5.29. The molecule has 0 spiro atoms. The van der Waals surface area contributed by atoms with Gasteiger partial charge in [-0.3, -0.25) is 9.52 Å². The molecule has 0 aliphatic carbocycles. The molecule has 0 aliphatic heterocycles. The Morgan fingerprint density at radius 3 is 2.11 bits per heavy atom. The highest BCUT2D eigenvalue weighted by Crippen LogP contribution is 2.28. The second kappa shape index (κ2) is 10.4. The number of carbonyl (C=O) groups excluding carboxylic acids is 2. The highest BCUT2D eigenvalue weighted by Gasteiger charge is 2.22. The number of hydrogen-bond acceptors (Lipinski definition) is 5. The topological polar surface area (TPSA) is 89.5 Å². The second-order valence-corrected chi connectivity index (χ2v) is 11.5. The molecule has 184 valence electrons. The molecule has 0 atom stereocenters. The third-order valence-corrected chi connectivity index (χ3v) is 7.55. The van der Waals surface area contributed by atoms with E-state index in [2.05, 4.69) is 4.72 Å². The van der Waals surface area contributed by atoms with E-state index in [4.69, 9.17) is 27.9 Å². The van der Waals surface area contributed by atoms with Gasteiger partial charge >= 0.3 is 5.97 Å². The Bertz CT molecular complexity index is 1380. The summed E-state index contributed by atoms with van der Waals surface area (Å²) in [7, 11) is -3.85. The SMILES string of the molecule is Cc1ccc(C(C)(C)C)cc1S(=O)(=O)Nc1ccc(C(=O)OCC(=O)c2ccc(Cl)c(Cl)c2)cc1. The normalized spacial score (nSPS) is 11.7. The summed E-state index contributed by atoms with van der Waals surface area (Å²) in [4.78, 5) is 24.8. The molecular weight excluding hydrogens is 509 g/mol. The van der Waals surface area contributed by atoms with Crippen LogP contribution in [0.5, 0.6) is 0 Å². The van der Waals surface area contributed by atoms with Crippen molar-refractivity contribution in [2.24, 2.45) is 0 Å². The molecule has 3 aromatic carbocycles. The van der Waals surface area contributed by atoms with Gasteiger partial charge in [0.25, 0.3) is 10.0 Å². The van der Waals surface area contributed by atoms with E-state index < -0.39 is 28.4 Å².